The molecule has 96 valence electrons. The van der Waals surface area contributed by atoms with Gasteiger partial charge in [0.25, 0.3) is 0 Å². The Balaban J connectivity index is 2.13. The summed E-state index contributed by atoms with van der Waals surface area (Å²) >= 11 is 6.11. The molecule has 0 aromatic heterocycles. The van der Waals surface area contributed by atoms with Crippen molar-refractivity contribution in [3.05, 3.63) is 35.5 Å². The van der Waals surface area contributed by atoms with Crippen LogP contribution in [0.2, 0.25) is 5.02 Å². The Morgan fingerprint density at radius 1 is 1.56 bits per heavy atom. The lowest BCUT2D eigenvalue weighted by Crippen LogP contribution is -2.39. The van der Waals surface area contributed by atoms with Crippen molar-refractivity contribution < 1.29 is 9.53 Å². The van der Waals surface area contributed by atoms with Crippen molar-refractivity contribution >= 4 is 23.2 Å². The van der Waals surface area contributed by atoms with E-state index in [2.05, 4.69) is 17.2 Å². The summed E-state index contributed by atoms with van der Waals surface area (Å²) in [6.07, 6.45) is 1.19. The van der Waals surface area contributed by atoms with Crippen LogP contribution in [-0.4, -0.2) is 19.1 Å². The molecule has 1 aliphatic heterocycles. The molecule has 0 radical (unpaired) electrons. The number of ether oxygens (including phenoxy) is 1. The Labute approximate surface area is 111 Å². The fourth-order valence-corrected chi connectivity index (χ4v) is 2.04. The lowest BCUT2D eigenvalue weighted by molar-refractivity contribution is -0.121. The minimum atomic E-state index is -0.00712. The van der Waals surface area contributed by atoms with Crippen molar-refractivity contribution in [2.45, 2.75) is 18.9 Å². The minimum Gasteiger partial charge on any atom is -0.497 e. The first-order valence-electron chi connectivity index (χ1n) is 5.69. The summed E-state index contributed by atoms with van der Waals surface area (Å²) in [7, 11) is 1.60. The summed E-state index contributed by atoms with van der Waals surface area (Å²) in [6, 6.07) is 5.39. The average molecular weight is 267 g/mol. The van der Waals surface area contributed by atoms with Crippen LogP contribution < -0.4 is 15.4 Å². The van der Waals surface area contributed by atoms with Gasteiger partial charge in [0.05, 0.1) is 23.9 Å². The number of methoxy groups -OCH3 is 1. The predicted octanol–water partition coefficient (Wildman–Crippen LogP) is 2.55. The van der Waals surface area contributed by atoms with Crippen LogP contribution in [0.1, 0.15) is 12.8 Å². The number of benzene rings is 1. The summed E-state index contributed by atoms with van der Waals surface area (Å²) in [4.78, 5) is 11.2. The monoisotopic (exact) mass is 266 g/mol. The Morgan fingerprint density at radius 3 is 3.00 bits per heavy atom. The molecule has 1 amide bonds. The van der Waals surface area contributed by atoms with E-state index in [9.17, 15) is 4.79 Å². The van der Waals surface area contributed by atoms with Gasteiger partial charge < -0.3 is 15.4 Å². The maximum absolute atomic E-state index is 11.2. The molecule has 2 N–H and O–H groups in total. The third kappa shape index (κ3) is 2.76. The molecule has 1 saturated heterocycles. The molecule has 1 fully saturated rings. The molecule has 0 aliphatic carbocycles. The molecule has 5 heteroatoms. The normalized spacial score (nSPS) is 19.3. The number of carbonyl (C=O) groups excluding carboxylic acids is 1. The zero-order chi connectivity index (χ0) is 13.1. The number of rotatable bonds is 3. The van der Waals surface area contributed by atoms with Crippen molar-refractivity contribution in [2.24, 2.45) is 0 Å². The second-order valence-corrected chi connectivity index (χ2v) is 4.56. The van der Waals surface area contributed by atoms with Gasteiger partial charge in [-0.05, 0) is 18.6 Å². The number of anilines is 1. The summed E-state index contributed by atoms with van der Waals surface area (Å²) in [5.74, 6) is 0.738. The Bertz CT molecular complexity index is 488. The van der Waals surface area contributed by atoms with E-state index in [1.807, 2.05) is 6.07 Å². The SMILES string of the molecule is C=C1NC(=O)CCC1Nc1cc(OC)ccc1Cl. The summed E-state index contributed by atoms with van der Waals surface area (Å²) in [5, 5.41) is 6.61. The maximum atomic E-state index is 11.2. The van der Waals surface area contributed by atoms with Crippen LogP contribution in [-0.2, 0) is 4.79 Å². The third-order valence-electron chi connectivity index (χ3n) is 2.88. The lowest BCUT2D eigenvalue weighted by atomic mass is 10.0. The van der Waals surface area contributed by atoms with E-state index in [0.29, 0.717) is 23.6 Å². The van der Waals surface area contributed by atoms with Gasteiger partial charge in [0, 0.05) is 18.2 Å². The number of carbonyl (C=O) groups is 1. The van der Waals surface area contributed by atoms with Gasteiger partial charge in [-0.3, -0.25) is 4.79 Å². The molecule has 0 spiro atoms. The number of hydrogen-bond acceptors (Lipinski definition) is 3. The van der Waals surface area contributed by atoms with Gasteiger partial charge in [-0.15, -0.1) is 0 Å². The molecule has 1 unspecified atom stereocenters. The van der Waals surface area contributed by atoms with Crippen LogP contribution in [0.5, 0.6) is 5.75 Å². The van der Waals surface area contributed by atoms with Crippen LogP contribution in [0.4, 0.5) is 5.69 Å². The number of nitrogens with one attached hydrogen (secondary N) is 2. The molecule has 2 rings (SSSR count). The highest BCUT2D eigenvalue weighted by molar-refractivity contribution is 6.33. The molecule has 1 aliphatic rings. The molecule has 0 saturated carbocycles. The highest BCUT2D eigenvalue weighted by Crippen LogP contribution is 2.29. The first-order chi connectivity index (χ1) is 8.60. The first kappa shape index (κ1) is 12.8. The summed E-state index contributed by atoms with van der Waals surface area (Å²) < 4.78 is 5.15. The van der Waals surface area contributed by atoms with Crippen molar-refractivity contribution in [1.82, 2.24) is 5.32 Å². The predicted molar refractivity (Wildman–Crippen MR) is 71.9 cm³/mol. The van der Waals surface area contributed by atoms with Gasteiger partial charge in [0.1, 0.15) is 5.75 Å². The lowest BCUT2D eigenvalue weighted by Gasteiger charge is -2.27. The highest BCUT2D eigenvalue weighted by Gasteiger charge is 2.22. The third-order valence-corrected chi connectivity index (χ3v) is 3.21. The second kappa shape index (κ2) is 5.31. The molecule has 4 nitrogen and oxygen atoms in total. The number of piperidine rings is 1. The van der Waals surface area contributed by atoms with Crippen LogP contribution >= 0.6 is 11.6 Å². The fraction of sp³-hybridized carbons (Fsp3) is 0.308. The summed E-state index contributed by atoms with van der Waals surface area (Å²) in [6.45, 7) is 3.85. The standard InChI is InChI=1S/C13H15ClN2O2/c1-8-11(5-6-13(17)15-8)16-12-7-9(18-2)3-4-10(12)14/h3-4,7,11,16H,1,5-6H2,2H3,(H,15,17). The minimum absolute atomic E-state index is 0.00712. The number of halogens is 1. The topological polar surface area (TPSA) is 50.4 Å². The molecule has 0 bridgehead atoms. The highest BCUT2D eigenvalue weighted by atomic mass is 35.5. The van der Waals surface area contributed by atoms with Crippen LogP contribution in [0.25, 0.3) is 0 Å². The molecule has 1 heterocycles. The van der Waals surface area contributed by atoms with Crippen LogP contribution in [0.15, 0.2) is 30.5 Å². The summed E-state index contributed by atoms with van der Waals surface area (Å²) in [5.41, 5.74) is 1.45. The van der Waals surface area contributed by atoms with Crippen molar-refractivity contribution in [3.63, 3.8) is 0 Å². The maximum Gasteiger partial charge on any atom is 0.224 e. The molecular formula is C13H15ClN2O2. The number of amides is 1. The smallest absolute Gasteiger partial charge is 0.224 e. The van der Waals surface area contributed by atoms with Crippen LogP contribution in [0, 0.1) is 0 Å². The van der Waals surface area contributed by atoms with E-state index in [1.54, 1.807) is 19.2 Å². The van der Waals surface area contributed by atoms with Crippen molar-refractivity contribution in [2.75, 3.05) is 12.4 Å². The molecule has 1 aromatic carbocycles. The van der Waals surface area contributed by atoms with Gasteiger partial charge in [-0.2, -0.15) is 0 Å². The van der Waals surface area contributed by atoms with E-state index < -0.39 is 0 Å². The second-order valence-electron chi connectivity index (χ2n) is 4.15. The first-order valence-corrected chi connectivity index (χ1v) is 6.06. The molecular weight excluding hydrogens is 252 g/mol. The van der Waals surface area contributed by atoms with Gasteiger partial charge in [-0.1, -0.05) is 18.2 Å². The molecule has 1 aromatic rings. The van der Waals surface area contributed by atoms with Gasteiger partial charge in [0.2, 0.25) is 5.91 Å². The molecule has 18 heavy (non-hydrogen) atoms. The quantitative estimate of drug-likeness (QED) is 0.884. The Morgan fingerprint density at radius 2 is 2.33 bits per heavy atom. The van der Waals surface area contributed by atoms with Crippen molar-refractivity contribution in [3.8, 4) is 5.75 Å². The Kier molecular flexibility index (Phi) is 3.77. The van der Waals surface area contributed by atoms with E-state index in [4.69, 9.17) is 16.3 Å². The number of hydrogen-bond donors (Lipinski definition) is 2. The van der Waals surface area contributed by atoms with Crippen LogP contribution in [0.3, 0.4) is 0 Å². The van der Waals surface area contributed by atoms with Gasteiger partial charge in [-0.25, -0.2) is 0 Å². The van der Waals surface area contributed by atoms with Gasteiger partial charge >= 0.3 is 0 Å². The van der Waals surface area contributed by atoms with Gasteiger partial charge in [0.15, 0.2) is 0 Å². The fourth-order valence-electron chi connectivity index (χ4n) is 1.87. The largest absolute Gasteiger partial charge is 0.497 e. The molecule has 1 atom stereocenters. The zero-order valence-corrected chi connectivity index (χ0v) is 10.9. The zero-order valence-electron chi connectivity index (χ0n) is 10.1. The van der Waals surface area contributed by atoms with E-state index in [-0.39, 0.29) is 11.9 Å². The van der Waals surface area contributed by atoms with E-state index >= 15 is 0 Å². The van der Waals surface area contributed by atoms with Crippen molar-refractivity contribution in [1.29, 1.82) is 0 Å². The van der Waals surface area contributed by atoms with E-state index in [1.165, 1.54) is 0 Å². The van der Waals surface area contributed by atoms with E-state index in [0.717, 1.165) is 11.4 Å². The average Bonchev–Trinajstić information content (AvgIpc) is 2.35. The Hall–Kier alpha value is -1.68.